The first-order valence-corrected chi connectivity index (χ1v) is 8.55. The molecule has 0 saturated heterocycles. The Morgan fingerprint density at radius 2 is 1.50 bits per heavy atom. The van der Waals surface area contributed by atoms with E-state index < -0.39 is 0 Å². The third-order valence-corrected chi connectivity index (χ3v) is 4.24. The first kappa shape index (κ1) is 16.1. The Kier molecular flexibility index (Phi) is 4.48. The third-order valence-electron chi connectivity index (χ3n) is 4.24. The van der Waals surface area contributed by atoms with E-state index in [4.69, 9.17) is 4.74 Å². The summed E-state index contributed by atoms with van der Waals surface area (Å²) < 4.78 is 5.74. The number of aliphatic imine (C=N–C) groups is 1. The van der Waals surface area contributed by atoms with Gasteiger partial charge >= 0.3 is 0 Å². The van der Waals surface area contributed by atoms with Crippen molar-refractivity contribution in [2.45, 2.75) is 0 Å². The average Bonchev–Trinajstić information content (AvgIpc) is 3.01. The summed E-state index contributed by atoms with van der Waals surface area (Å²) in [6, 6.07) is 25.8. The number of hydrogen-bond acceptors (Lipinski definition) is 3. The molecule has 0 saturated carbocycles. The average molecular weight is 342 g/mol. The minimum atomic E-state index is -0.154. The van der Waals surface area contributed by atoms with Crippen molar-refractivity contribution in [3.8, 4) is 16.9 Å². The first-order chi connectivity index (χ1) is 12.8. The molecule has 4 heteroatoms. The molecule has 128 valence electrons. The van der Waals surface area contributed by atoms with Crippen LogP contribution in [0.5, 0.6) is 5.75 Å². The maximum Gasteiger partial charge on any atom is 0.274 e. The molecule has 1 amide bonds. The standard InChI is InChI=1S/C22H18N2O2/c25-22-21(19-8-4-5-9-20(19)24-22)23-14-15-26-18-12-10-17(11-13-18)16-6-2-1-3-7-16/h1-13H,14-15H2,(H,23,24,25). The lowest BCUT2D eigenvalue weighted by atomic mass is 10.1. The van der Waals surface area contributed by atoms with Gasteiger partial charge in [0.15, 0.2) is 0 Å². The Labute approximate surface area is 152 Å². The van der Waals surface area contributed by atoms with E-state index in [0.717, 1.165) is 22.6 Å². The molecular weight excluding hydrogens is 324 g/mol. The van der Waals surface area contributed by atoms with Crippen LogP contribution in [-0.2, 0) is 4.79 Å². The van der Waals surface area contributed by atoms with Crippen molar-refractivity contribution < 1.29 is 9.53 Å². The predicted octanol–water partition coefficient (Wildman–Crippen LogP) is 4.17. The number of benzene rings is 3. The molecule has 0 fully saturated rings. The number of fused-ring (bicyclic) bond motifs is 1. The van der Waals surface area contributed by atoms with Gasteiger partial charge in [0.1, 0.15) is 18.1 Å². The van der Waals surface area contributed by atoms with E-state index in [1.54, 1.807) is 0 Å². The second-order valence-electron chi connectivity index (χ2n) is 5.97. The molecule has 0 unspecified atom stereocenters. The van der Waals surface area contributed by atoms with Crippen molar-refractivity contribution in [3.05, 3.63) is 84.4 Å². The monoisotopic (exact) mass is 342 g/mol. The summed E-state index contributed by atoms with van der Waals surface area (Å²) in [6.45, 7) is 0.848. The molecule has 0 bridgehead atoms. The van der Waals surface area contributed by atoms with Crippen LogP contribution in [0.15, 0.2) is 83.9 Å². The van der Waals surface area contributed by atoms with Gasteiger partial charge in [0.2, 0.25) is 0 Å². The van der Waals surface area contributed by atoms with E-state index >= 15 is 0 Å². The number of ether oxygens (including phenoxy) is 1. The number of amides is 1. The van der Waals surface area contributed by atoms with Gasteiger partial charge in [-0.15, -0.1) is 0 Å². The molecule has 3 aromatic carbocycles. The van der Waals surface area contributed by atoms with Crippen molar-refractivity contribution >= 4 is 17.3 Å². The maximum atomic E-state index is 12.0. The fourth-order valence-electron chi connectivity index (χ4n) is 2.95. The molecule has 3 aromatic rings. The third kappa shape index (κ3) is 3.35. The smallest absolute Gasteiger partial charge is 0.274 e. The zero-order valence-electron chi connectivity index (χ0n) is 14.2. The Morgan fingerprint density at radius 3 is 2.31 bits per heavy atom. The van der Waals surface area contributed by atoms with Crippen molar-refractivity contribution in [2.75, 3.05) is 18.5 Å². The van der Waals surface area contributed by atoms with Crippen LogP contribution in [0.4, 0.5) is 5.69 Å². The first-order valence-electron chi connectivity index (χ1n) is 8.55. The summed E-state index contributed by atoms with van der Waals surface area (Å²) in [5, 5.41) is 2.82. The van der Waals surface area contributed by atoms with Crippen molar-refractivity contribution in [3.63, 3.8) is 0 Å². The number of anilines is 1. The molecule has 0 atom stereocenters. The summed E-state index contributed by atoms with van der Waals surface area (Å²) >= 11 is 0. The van der Waals surface area contributed by atoms with Crippen molar-refractivity contribution in [2.24, 2.45) is 4.99 Å². The van der Waals surface area contributed by atoms with Crippen molar-refractivity contribution in [1.29, 1.82) is 0 Å². The largest absolute Gasteiger partial charge is 0.492 e. The van der Waals surface area contributed by atoms with E-state index in [1.165, 1.54) is 5.56 Å². The van der Waals surface area contributed by atoms with Gasteiger partial charge in [0.25, 0.3) is 5.91 Å². The van der Waals surface area contributed by atoms with Gasteiger partial charge in [-0.2, -0.15) is 0 Å². The van der Waals surface area contributed by atoms with Gasteiger partial charge in [-0.25, -0.2) is 0 Å². The van der Waals surface area contributed by atoms with Crippen LogP contribution < -0.4 is 10.1 Å². The van der Waals surface area contributed by atoms with E-state index in [-0.39, 0.29) is 5.91 Å². The van der Waals surface area contributed by atoms with Crippen LogP contribution in [0.25, 0.3) is 11.1 Å². The number of nitrogens with zero attached hydrogens (tertiary/aromatic N) is 1. The molecule has 0 aromatic heterocycles. The molecule has 1 N–H and O–H groups in total. The summed E-state index contributed by atoms with van der Waals surface area (Å²) in [7, 11) is 0. The lowest BCUT2D eigenvalue weighted by Crippen LogP contribution is -2.16. The molecule has 0 aliphatic carbocycles. The Bertz CT molecular complexity index is 947. The summed E-state index contributed by atoms with van der Waals surface area (Å²) in [4.78, 5) is 16.4. The van der Waals surface area contributed by atoms with Crippen LogP contribution in [-0.4, -0.2) is 24.8 Å². The lowest BCUT2D eigenvalue weighted by molar-refractivity contribution is -0.110. The summed E-state index contributed by atoms with van der Waals surface area (Å²) in [6.07, 6.45) is 0. The van der Waals surface area contributed by atoms with Crippen LogP contribution in [0.1, 0.15) is 5.56 Å². The van der Waals surface area contributed by atoms with Gasteiger partial charge in [-0.1, -0.05) is 60.7 Å². The van der Waals surface area contributed by atoms with Crippen LogP contribution in [0.3, 0.4) is 0 Å². The molecular formula is C22H18N2O2. The molecule has 26 heavy (non-hydrogen) atoms. The number of hydrogen-bond donors (Lipinski definition) is 1. The Balaban J connectivity index is 1.36. The molecule has 1 aliphatic rings. The number of rotatable bonds is 5. The highest BCUT2D eigenvalue weighted by Gasteiger charge is 2.24. The number of carbonyl (C=O) groups is 1. The highest BCUT2D eigenvalue weighted by Crippen LogP contribution is 2.23. The van der Waals surface area contributed by atoms with Gasteiger partial charge < -0.3 is 10.1 Å². The van der Waals surface area contributed by atoms with Crippen LogP contribution >= 0.6 is 0 Å². The second-order valence-corrected chi connectivity index (χ2v) is 5.97. The molecule has 1 aliphatic heterocycles. The minimum absolute atomic E-state index is 0.154. The van der Waals surface area contributed by atoms with Gasteiger partial charge in [-0.3, -0.25) is 9.79 Å². The Hall–Kier alpha value is -3.40. The molecule has 4 nitrogen and oxygen atoms in total. The van der Waals surface area contributed by atoms with E-state index in [1.807, 2.05) is 66.7 Å². The van der Waals surface area contributed by atoms with E-state index in [2.05, 4.69) is 22.4 Å². The quantitative estimate of drug-likeness (QED) is 0.707. The fraction of sp³-hybridized carbons (Fsp3) is 0.0909. The highest BCUT2D eigenvalue weighted by molar-refractivity contribution is 6.53. The highest BCUT2D eigenvalue weighted by atomic mass is 16.5. The van der Waals surface area contributed by atoms with Crippen molar-refractivity contribution in [1.82, 2.24) is 0 Å². The van der Waals surface area contributed by atoms with Crippen LogP contribution in [0, 0.1) is 0 Å². The Morgan fingerprint density at radius 1 is 0.808 bits per heavy atom. The zero-order chi connectivity index (χ0) is 17.8. The summed E-state index contributed by atoms with van der Waals surface area (Å²) in [5.41, 5.74) is 4.47. The molecule has 4 rings (SSSR count). The molecule has 0 spiro atoms. The topological polar surface area (TPSA) is 50.7 Å². The second kappa shape index (κ2) is 7.23. The SMILES string of the molecule is O=C1Nc2ccccc2C1=NCCOc1ccc(-c2ccccc2)cc1. The molecule has 0 radical (unpaired) electrons. The number of nitrogens with one attached hydrogen (secondary N) is 1. The molecule has 1 heterocycles. The maximum absolute atomic E-state index is 12.0. The van der Waals surface area contributed by atoms with Crippen LogP contribution in [0.2, 0.25) is 0 Å². The van der Waals surface area contributed by atoms with E-state index in [9.17, 15) is 4.79 Å². The van der Waals surface area contributed by atoms with Gasteiger partial charge in [-0.05, 0) is 29.3 Å². The predicted molar refractivity (Wildman–Crippen MR) is 104 cm³/mol. The summed E-state index contributed by atoms with van der Waals surface area (Å²) in [5.74, 6) is 0.638. The minimum Gasteiger partial charge on any atom is -0.492 e. The zero-order valence-corrected chi connectivity index (χ0v) is 14.2. The number of carbonyl (C=O) groups excluding carboxylic acids is 1. The van der Waals surface area contributed by atoms with Gasteiger partial charge in [0, 0.05) is 5.56 Å². The van der Waals surface area contributed by atoms with Gasteiger partial charge in [0.05, 0.1) is 12.2 Å². The fourth-order valence-corrected chi connectivity index (χ4v) is 2.95. The number of para-hydroxylation sites is 1. The lowest BCUT2D eigenvalue weighted by Gasteiger charge is -2.06. The van der Waals surface area contributed by atoms with E-state index in [0.29, 0.717) is 18.9 Å². The normalized spacial score (nSPS) is 14.2.